The minimum absolute atomic E-state index is 0.00412. The second-order valence-corrected chi connectivity index (χ2v) is 6.54. The number of benzene rings is 1. The van der Waals surface area contributed by atoms with Crippen LogP contribution in [0.15, 0.2) is 53.5 Å². The van der Waals surface area contributed by atoms with Crippen LogP contribution in [0.25, 0.3) is 0 Å². The van der Waals surface area contributed by atoms with Gasteiger partial charge < -0.3 is 14.2 Å². The third-order valence-electron chi connectivity index (χ3n) is 4.92. The highest BCUT2D eigenvalue weighted by atomic mass is 16.5. The molecule has 2 atom stereocenters. The Balaban J connectivity index is 1.88. The van der Waals surface area contributed by atoms with E-state index in [0.29, 0.717) is 12.1 Å². The highest BCUT2D eigenvalue weighted by molar-refractivity contribution is 5.94. The molecule has 3 rings (SSSR count). The van der Waals surface area contributed by atoms with Gasteiger partial charge >= 0.3 is 0 Å². The Labute approximate surface area is 147 Å². The Hall–Kier alpha value is -2.40. The van der Waals surface area contributed by atoms with E-state index in [0.717, 1.165) is 19.3 Å². The molecule has 1 aromatic carbocycles. The van der Waals surface area contributed by atoms with Gasteiger partial charge in [0.15, 0.2) is 0 Å². The summed E-state index contributed by atoms with van der Waals surface area (Å²) >= 11 is 0. The zero-order chi connectivity index (χ0) is 17.8. The van der Waals surface area contributed by atoms with Gasteiger partial charge in [0.2, 0.25) is 0 Å². The Bertz CT molecular complexity index is 785. The van der Waals surface area contributed by atoms with Gasteiger partial charge in [0.25, 0.3) is 11.5 Å². The highest BCUT2D eigenvalue weighted by Gasteiger charge is 2.35. The molecule has 0 aliphatic carbocycles. The van der Waals surface area contributed by atoms with Crippen molar-refractivity contribution >= 4 is 5.91 Å². The minimum Gasteiger partial charge on any atom is -0.379 e. The molecule has 0 spiro atoms. The van der Waals surface area contributed by atoms with Gasteiger partial charge in [0.05, 0.1) is 12.1 Å². The largest absolute Gasteiger partial charge is 0.379 e. The summed E-state index contributed by atoms with van der Waals surface area (Å²) < 4.78 is 7.14. The van der Waals surface area contributed by atoms with Gasteiger partial charge in [-0.25, -0.2) is 0 Å². The fourth-order valence-electron chi connectivity index (χ4n) is 3.49. The van der Waals surface area contributed by atoms with E-state index in [4.69, 9.17) is 4.74 Å². The summed E-state index contributed by atoms with van der Waals surface area (Å²) in [6, 6.07) is 13.2. The standard InChI is InChI=1S/C20H24N2O3/c1-21-12-10-16(14-19(21)23)20(24)22-11-6-9-18(25-2)17(22)13-15-7-4-3-5-8-15/h3-5,7-8,10,12,14,17-18H,6,9,11,13H2,1-2H3/t17-,18-/m0/s1. The number of likely N-dealkylation sites (tertiary alicyclic amines) is 1. The van der Waals surface area contributed by atoms with Crippen LogP contribution in [0.1, 0.15) is 28.8 Å². The first-order valence-corrected chi connectivity index (χ1v) is 8.64. The molecule has 25 heavy (non-hydrogen) atoms. The van der Waals surface area contributed by atoms with Crippen LogP contribution in [0.3, 0.4) is 0 Å². The fraction of sp³-hybridized carbons (Fsp3) is 0.400. The number of rotatable bonds is 4. The third-order valence-corrected chi connectivity index (χ3v) is 4.92. The molecule has 2 aromatic rings. The van der Waals surface area contributed by atoms with Crippen LogP contribution in [-0.4, -0.2) is 41.2 Å². The average Bonchev–Trinajstić information content (AvgIpc) is 2.64. The third kappa shape index (κ3) is 3.82. The van der Waals surface area contributed by atoms with Crippen LogP contribution in [0, 0.1) is 0 Å². The van der Waals surface area contributed by atoms with Crippen LogP contribution in [0.4, 0.5) is 0 Å². The SMILES string of the molecule is CO[C@H]1CCCN(C(=O)c2ccn(C)c(=O)c2)[C@H]1Cc1ccccc1. The van der Waals surface area contributed by atoms with Gasteiger partial charge in [-0.3, -0.25) is 9.59 Å². The van der Waals surface area contributed by atoms with Crippen LogP contribution in [-0.2, 0) is 18.2 Å². The summed E-state index contributed by atoms with van der Waals surface area (Å²) in [7, 11) is 3.38. The van der Waals surface area contributed by atoms with Crippen molar-refractivity contribution in [3.63, 3.8) is 0 Å². The number of aromatic nitrogens is 1. The molecule has 2 heterocycles. The molecule has 132 valence electrons. The van der Waals surface area contributed by atoms with E-state index in [1.54, 1.807) is 26.4 Å². The quantitative estimate of drug-likeness (QED) is 0.858. The van der Waals surface area contributed by atoms with Crippen LogP contribution in [0.2, 0.25) is 0 Å². The Morgan fingerprint density at radius 2 is 2.00 bits per heavy atom. The van der Waals surface area contributed by atoms with Crippen LogP contribution < -0.4 is 5.56 Å². The molecule has 1 saturated heterocycles. The summed E-state index contributed by atoms with van der Waals surface area (Å²) in [4.78, 5) is 26.8. The predicted octanol–water partition coefficient (Wildman–Crippen LogP) is 2.25. The zero-order valence-electron chi connectivity index (χ0n) is 14.7. The van der Waals surface area contributed by atoms with Gasteiger partial charge in [-0.05, 0) is 30.9 Å². The molecule has 0 N–H and O–H groups in total. The van der Waals surface area contributed by atoms with Gasteiger partial charge in [0, 0.05) is 38.5 Å². The summed E-state index contributed by atoms with van der Waals surface area (Å²) in [6.07, 6.45) is 4.23. The molecule has 1 aliphatic rings. The molecule has 0 unspecified atom stereocenters. The van der Waals surface area contributed by atoms with Crippen molar-refractivity contribution in [1.82, 2.24) is 9.47 Å². The average molecular weight is 340 g/mol. The summed E-state index contributed by atoms with van der Waals surface area (Å²) in [5, 5.41) is 0. The number of hydrogen-bond donors (Lipinski definition) is 0. The number of pyridine rings is 1. The van der Waals surface area contributed by atoms with Gasteiger partial charge in [-0.2, -0.15) is 0 Å². The van der Waals surface area contributed by atoms with Crippen molar-refractivity contribution in [3.05, 3.63) is 70.1 Å². The molecular formula is C20H24N2O3. The number of nitrogens with zero attached hydrogens (tertiary/aromatic N) is 2. The lowest BCUT2D eigenvalue weighted by Gasteiger charge is -2.41. The predicted molar refractivity (Wildman–Crippen MR) is 96.7 cm³/mol. The normalized spacial score (nSPS) is 20.5. The van der Waals surface area contributed by atoms with Crippen LogP contribution in [0.5, 0.6) is 0 Å². The first kappa shape index (κ1) is 17.4. The van der Waals surface area contributed by atoms with Crippen LogP contribution >= 0.6 is 0 Å². The van der Waals surface area contributed by atoms with Gasteiger partial charge in [0.1, 0.15) is 0 Å². The Morgan fingerprint density at radius 3 is 2.68 bits per heavy atom. The summed E-state index contributed by atoms with van der Waals surface area (Å²) in [5.74, 6) is -0.0969. The first-order chi connectivity index (χ1) is 12.1. The molecule has 1 amide bonds. The molecule has 1 aromatic heterocycles. The molecule has 0 saturated carbocycles. The second-order valence-electron chi connectivity index (χ2n) is 6.54. The van der Waals surface area contributed by atoms with E-state index in [1.165, 1.54) is 16.2 Å². The van der Waals surface area contributed by atoms with E-state index >= 15 is 0 Å². The molecular weight excluding hydrogens is 316 g/mol. The van der Waals surface area contributed by atoms with Gasteiger partial charge in [-0.15, -0.1) is 0 Å². The highest BCUT2D eigenvalue weighted by Crippen LogP contribution is 2.25. The molecule has 5 nitrogen and oxygen atoms in total. The maximum Gasteiger partial charge on any atom is 0.254 e. The lowest BCUT2D eigenvalue weighted by molar-refractivity contribution is -0.0117. The van der Waals surface area contributed by atoms with E-state index in [1.807, 2.05) is 23.1 Å². The van der Waals surface area contributed by atoms with Crippen molar-refractivity contribution < 1.29 is 9.53 Å². The number of piperidine rings is 1. The smallest absolute Gasteiger partial charge is 0.254 e. The molecule has 1 fully saturated rings. The van der Waals surface area contributed by atoms with Crippen molar-refractivity contribution in [2.45, 2.75) is 31.4 Å². The van der Waals surface area contributed by atoms with E-state index in [2.05, 4.69) is 12.1 Å². The van der Waals surface area contributed by atoms with Gasteiger partial charge in [-0.1, -0.05) is 30.3 Å². The number of aryl methyl sites for hydroxylation is 1. The molecule has 0 radical (unpaired) electrons. The van der Waals surface area contributed by atoms with E-state index < -0.39 is 0 Å². The summed E-state index contributed by atoms with van der Waals surface area (Å²) in [5.41, 5.74) is 1.45. The minimum atomic E-state index is -0.175. The lowest BCUT2D eigenvalue weighted by atomic mass is 9.92. The number of amides is 1. The van der Waals surface area contributed by atoms with Crippen molar-refractivity contribution in [3.8, 4) is 0 Å². The second kappa shape index (κ2) is 7.66. The fourth-order valence-corrected chi connectivity index (χ4v) is 3.49. The van der Waals surface area contributed by atoms with Crippen molar-refractivity contribution in [1.29, 1.82) is 0 Å². The zero-order valence-corrected chi connectivity index (χ0v) is 14.7. The molecule has 1 aliphatic heterocycles. The monoisotopic (exact) mass is 340 g/mol. The maximum atomic E-state index is 13.0. The summed E-state index contributed by atoms with van der Waals surface area (Å²) in [6.45, 7) is 0.686. The maximum absolute atomic E-state index is 13.0. The molecule has 0 bridgehead atoms. The first-order valence-electron chi connectivity index (χ1n) is 8.64. The lowest BCUT2D eigenvalue weighted by Crippen LogP contribution is -2.52. The van der Waals surface area contributed by atoms with Crippen molar-refractivity contribution in [2.75, 3.05) is 13.7 Å². The number of ether oxygens (including phenoxy) is 1. The topological polar surface area (TPSA) is 51.5 Å². The Kier molecular flexibility index (Phi) is 5.34. The number of hydrogen-bond acceptors (Lipinski definition) is 3. The number of carbonyl (C=O) groups excluding carboxylic acids is 1. The van der Waals surface area contributed by atoms with E-state index in [-0.39, 0.29) is 23.6 Å². The van der Waals surface area contributed by atoms with E-state index in [9.17, 15) is 9.59 Å². The van der Waals surface area contributed by atoms with Crippen molar-refractivity contribution in [2.24, 2.45) is 7.05 Å². The Morgan fingerprint density at radius 1 is 1.24 bits per heavy atom. The number of carbonyl (C=O) groups is 1. The number of methoxy groups -OCH3 is 1. The molecule has 5 heteroatoms.